The molecule has 0 fully saturated rings. The molecule has 0 aliphatic carbocycles. The highest BCUT2D eigenvalue weighted by molar-refractivity contribution is 5.94. The first-order valence-corrected chi connectivity index (χ1v) is 6.83. The molecule has 118 valence electrons. The molecule has 23 heavy (non-hydrogen) atoms. The third-order valence-electron chi connectivity index (χ3n) is 3.09. The molecule has 7 heteroatoms. The van der Waals surface area contributed by atoms with Crippen molar-refractivity contribution in [3.05, 3.63) is 69.8 Å². The Hall–Kier alpha value is -3.22. The van der Waals surface area contributed by atoms with Gasteiger partial charge in [0.05, 0.1) is 11.1 Å². The summed E-state index contributed by atoms with van der Waals surface area (Å²) in [6.45, 7) is 0. The van der Waals surface area contributed by atoms with E-state index in [0.717, 1.165) is 0 Å². The molecule has 2 aromatic carbocycles. The predicted octanol–water partition coefficient (Wildman–Crippen LogP) is 2.42. The summed E-state index contributed by atoms with van der Waals surface area (Å²) >= 11 is 0. The number of hydrazone groups is 1. The lowest BCUT2D eigenvalue weighted by Gasteiger charge is -2.12. The van der Waals surface area contributed by atoms with Gasteiger partial charge in [-0.25, -0.2) is 5.43 Å². The lowest BCUT2D eigenvalue weighted by atomic mass is 10.2. The molecule has 0 unspecified atom stereocenters. The Kier molecular flexibility index (Phi) is 5.03. The number of nitro groups is 1. The van der Waals surface area contributed by atoms with Crippen LogP contribution in [0.4, 0.5) is 11.4 Å². The van der Waals surface area contributed by atoms with Gasteiger partial charge in [-0.05, 0) is 18.2 Å². The molecular weight excluding hydrogens is 296 g/mol. The fraction of sp³-hybridized carbons (Fsp3) is 0.125. The van der Waals surface area contributed by atoms with Crippen molar-refractivity contribution < 1.29 is 9.72 Å². The number of amides is 1. The van der Waals surface area contributed by atoms with Gasteiger partial charge < -0.3 is 4.90 Å². The number of nitrogens with zero attached hydrogens (tertiary/aromatic N) is 3. The Balaban J connectivity index is 2.12. The van der Waals surface area contributed by atoms with Crippen LogP contribution in [-0.2, 0) is 0 Å². The third kappa shape index (κ3) is 4.13. The molecule has 0 saturated heterocycles. The predicted molar refractivity (Wildman–Crippen MR) is 88.9 cm³/mol. The lowest BCUT2D eigenvalue weighted by Crippen LogP contribution is -2.17. The van der Waals surface area contributed by atoms with Crippen LogP contribution in [0.3, 0.4) is 0 Å². The van der Waals surface area contributed by atoms with Crippen molar-refractivity contribution in [1.29, 1.82) is 0 Å². The van der Waals surface area contributed by atoms with E-state index in [0.29, 0.717) is 16.8 Å². The van der Waals surface area contributed by atoms with Crippen LogP contribution in [0.1, 0.15) is 15.9 Å². The quantitative estimate of drug-likeness (QED) is 0.522. The first-order chi connectivity index (χ1) is 11.0. The van der Waals surface area contributed by atoms with E-state index in [1.165, 1.54) is 12.3 Å². The Morgan fingerprint density at radius 2 is 1.91 bits per heavy atom. The number of nitro benzene ring substituents is 1. The molecule has 0 radical (unpaired) electrons. The zero-order valence-electron chi connectivity index (χ0n) is 12.8. The topological polar surface area (TPSA) is 87.8 Å². The van der Waals surface area contributed by atoms with Crippen molar-refractivity contribution in [3.63, 3.8) is 0 Å². The van der Waals surface area contributed by atoms with Crippen LogP contribution in [0.25, 0.3) is 0 Å². The van der Waals surface area contributed by atoms with Gasteiger partial charge in [0.2, 0.25) is 0 Å². The second-order valence-corrected chi connectivity index (χ2v) is 4.96. The van der Waals surface area contributed by atoms with E-state index in [1.807, 2.05) is 6.07 Å². The number of carbonyl (C=O) groups excluding carboxylic acids is 1. The highest BCUT2D eigenvalue weighted by Gasteiger charge is 2.15. The monoisotopic (exact) mass is 312 g/mol. The standard InChI is InChI=1S/C16H16N4O3/c1-19(2)14-9-8-12(10-15(14)20(22)23)11-17-18-16(21)13-6-4-3-5-7-13/h3-11H,1-2H3,(H,18,21). The summed E-state index contributed by atoms with van der Waals surface area (Å²) in [6.07, 6.45) is 1.37. The van der Waals surface area contributed by atoms with E-state index >= 15 is 0 Å². The van der Waals surface area contributed by atoms with Crippen molar-refractivity contribution in [3.8, 4) is 0 Å². The minimum atomic E-state index is -0.449. The molecule has 0 saturated carbocycles. The van der Waals surface area contributed by atoms with Crippen LogP contribution in [0.2, 0.25) is 0 Å². The maximum Gasteiger partial charge on any atom is 0.293 e. The van der Waals surface area contributed by atoms with Crippen LogP contribution in [0.5, 0.6) is 0 Å². The van der Waals surface area contributed by atoms with Crippen molar-refractivity contribution >= 4 is 23.5 Å². The minimum absolute atomic E-state index is 0.0201. The second-order valence-electron chi connectivity index (χ2n) is 4.96. The zero-order chi connectivity index (χ0) is 16.8. The molecule has 0 aliphatic rings. The SMILES string of the molecule is CN(C)c1ccc(C=NNC(=O)c2ccccc2)cc1[N+](=O)[O-]. The molecule has 2 rings (SSSR count). The molecular formula is C16H16N4O3. The summed E-state index contributed by atoms with van der Waals surface area (Å²) < 4.78 is 0. The molecule has 2 aromatic rings. The van der Waals surface area contributed by atoms with Crippen LogP contribution in [0.15, 0.2) is 53.6 Å². The molecule has 0 bridgehead atoms. The summed E-state index contributed by atoms with van der Waals surface area (Å²) in [5.74, 6) is -0.346. The first kappa shape index (κ1) is 16.2. The average Bonchev–Trinajstić information content (AvgIpc) is 2.55. The van der Waals surface area contributed by atoms with E-state index in [4.69, 9.17) is 0 Å². The fourth-order valence-electron chi connectivity index (χ4n) is 1.96. The number of rotatable bonds is 5. The zero-order valence-corrected chi connectivity index (χ0v) is 12.8. The summed E-state index contributed by atoms with van der Waals surface area (Å²) in [7, 11) is 3.46. The fourth-order valence-corrected chi connectivity index (χ4v) is 1.96. The van der Waals surface area contributed by atoms with Gasteiger partial charge in [0.25, 0.3) is 11.6 Å². The Morgan fingerprint density at radius 1 is 1.22 bits per heavy atom. The van der Waals surface area contributed by atoms with Crippen LogP contribution < -0.4 is 10.3 Å². The number of carbonyl (C=O) groups is 1. The van der Waals surface area contributed by atoms with Crippen LogP contribution in [-0.4, -0.2) is 31.1 Å². The second kappa shape index (κ2) is 7.17. The number of hydrogen-bond acceptors (Lipinski definition) is 5. The first-order valence-electron chi connectivity index (χ1n) is 6.83. The van der Waals surface area contributed by atoms with Gasteiger partial charge in [0, 0.05) is 31.3 Å². The van der Waals surface area contributed by atoms with Gasteiger partial charge in [-0.1, -0.05) is 24.3 Å². The average molecular weight is 312 g/mol. The molecule has 1 N–H and O–H groups in total. The van der Waals surface area contributed by atoms with E-state index < -0.39 is 4.92 Å². The minimum Gasteiger partial charge on any atom is -0.372 e. The van der Waals surface area contributed by atoms with E-state index in [9.17, 15) is 14.9 Å². The molecule has 0 aliphatic heterocycles. The van der Waals surface area contributed by atoms with Crippen LogP contribution in [0, 0.1) is 10.1 Å². The molecule has 7 nitrogen and oxygen atoms in total. The van der Waals surface area contributed by atoms with Crippen LogP contribution >= 0.6 is 0 Å². The van der Waals surface area contributed by atoms with E-state index in [2.05, 4.69) is 10.5 Å². The van der Waals surface area contributed by atoms with Gasteiger partial charge in [0.15, 0.2) is 0 Å². The lowest BCUT2D eigenvalue weighted by molar-refractivity contribution is -0.384. The summed E-state index contributed by atoms with van der Waals surface area (Å²) in [6, 6.07) is 13.4. The molecule has 1 amide bonds. The largest absolute Gasteiger partial charge is 0.372 e. The van der Waals surface area contributed by atoms with Gasteiger partial charge in [-0.3, -0.25) is 14.9 Å². The number of nitrogens with one attached hydrogen (secondary N) is 1. The smallest absolute Gasteiger partial charge is 0.293 e. The van der Waals surface area contributed by atoms with Crippen molar-refractivity contribution in [2.45, 2.75) is 0 Å². The van der Waals surface area contributed by atoms with Gasteiger partial charge in [-0.15, -0.1) is 0 Å². The highest BCUT2D eigenvalue weighted by Crippen LogP contribution is 2.27. The summed E-state index contributed by atoms with van der Waals surface area (Å²) in [5.41, 5.74) is 3.87. The molecule has 0 aromatic heterocycles. The van der Waals surface area contributed by atoms with Gasteiger partial charge in [-0.2, -0.15) is 5.10 Å². The molecule has 0 spiro atoms. The highest BCUT2D eigenvalue weighted by atomic mass is 16.6. The molecule has 0 atom stereocenters. The molecule has 0 heterocycles. The van der Waals surface area contributed by atoms with E-state index in [-0.39, 0.29) is 11.6 Å². The normalized spacial score (nSPS) is 10.5. The number of benzene rings is 2. The number of anilines is 1. The van der Waals surface area contributed by atoms with Crippen molar-refractivity contribution in [2.75, 3.05) is 19.0 Å². The van der Waals surface area contributed by atoms with Crippen molar-refractivity contribution in [2.24, 2.45) is 5.10 Å². The Bertz CT molecular complexity index is 742. The van der Waals surface area contributed by atoms with Crippen molar-refractivity contribution in [1.82, 2.24) is 5.43 Å². The maximum absolute atomic E-state index is 11.8. The van der Waals surface area contributed by atoms with Gasteiger partial charge >= 0.3 is 0 Å². The Morgan fingerprint density at radius 3 is 2.52 bits per heavy atom. The summed E-state index contributed by atoms with van der Waals surface area (Å²) in [5, 5.41) is 14.9. The summed E-state index contributed by atoms with van der Waals surface area (Å²) in [4.78, 5) is 24.1. The Labute approximate surface area is 133 Å². The maximum atomic E-state index is 11.8. The third-order valence-corrected chi connectivity index (χ3v) is 3.09. The van der Waals surface area contributed by atoms with Gasteiger partial charge in [0.1, 0.15) is 5.69 Å². The van der Waals surface area contributed by atoms with E-state index in [1.54, 1.807) is 55.4 Å². The number of hydrogen-bond donors (Lipinski definition) is 1.